The molecule has 0 spiro atoms. The molecule has 1 fully saturated rings. The van der Waals surface area contributed by atoms with E-state index in [1.54, 1.807) is 12.1 Å². The van der Waals surface area contributed by atoms with Crippen LogP contribution >= 0.6 is 0 Å². The SMILES string of the molecule is CN=S(=O)(Cc1ccccc1)Nc1ccc(B2OC(C)(C)C(C)(C)O2)c(F)c1F. The van der Waals surface area contributed by atoms with E-state index in [0.717, 1.165) is 5.56 Å². The van der Waals surface area contributed by atoms with Gasteiger partial charge < -0.3 is 9.31 Å². The van der Waals surface area contributed by atoms with Crippen molar-refractivity contribution in [3.63, 3.8) is 0 Å². The quantitative estimate of drug-likeness (QED) is 0.744. The highest BCUT2D eigenvalue weighted by atomic mass is 32.2. The van der Waals surface area contributed by atoms with Gasteiger partial charge in [-0.25, -0.2) is 17.4 Å². The lowest BCUT2D eigenvalue weighted by Gasteiger charge is -2.32. The molecule has 5 nitrogen and oxygen atoms in total. The maximum Gasteiger partial charge on any atom is 0.497 e. The van der Waals surface area contributed by atoms with Gasteiger partial charge in [-0.05, 0) is 39.3 Å². The van der Waals surface area contributed by atoms with Gasteiger partial charge in [0, 0.05) is 12.5 Å². The number of hydrogen-bond acceptors (Lipinski definition) is 4. The summed E-state index contributed by atoms with van der Waals surface area (Å²) in [4.78, 5) is 0. The Morgan fingerprint density at radius 2 is 1.59 bits per heavy atom. The summed E-state index contributed by atoms with van der Waals surface area (Å²) in [6.45, 7) is 7.33. The first-order valence-corrected chi connectivity index (χ1v) is 10.9. The van der Waals surface area contributed by atoms with Crippen molar-refractivity contribution in [2.75, 3.05) is 11.8 Å². The second-order valence-electron chi connectivity index (χ2n) is 7.97. The topological polar surface area (TPSA) is 59.9 Å². The highest BCUT2D eigenvalue weighted by molar-refractivity contribution is 7.94. The van der Waals surface area contributed by atoms with Gasteiger partial charge in [-0.1, -0.05) is 36.4 Å². The molecule has 0 radical (unpaired) electrons. The summed E-state index contributed by atoms with van der Waals surface area (Å²) in [6, 6.07) is 11.8. The van der Waals surface area contributed by atoms with Crippen molar-refractivity contribution in [2.45, 2.75) is 44.6 Å². The Hall–Kier alpha value is -1.97. The largest absolute Gasteiger partial charge is 0.497 e. The van der Waals surface area contributed by atoms with Crippen molar-refractivity contribution in [3.8, 4) is 0 Å². The van der Waals surface area contributed by atoms with E-state index in [1.165, 1.54) is 19.2 Å². The number of halogens is 2. The van der Waals surface area contributed by atoms with Gasteiger partial charge in [0.05, 0.1) is 22.6 Å². The van der Waals surface area contributed by atoms with Crippen molar-refractivity contribution in [1.82, 2.24) is 0 Å². The van der Waals surface area contributed by atoms with E-state index in [1.807, 2.05) is 45.9 Å². The normalized spacial score (nSPS) is 19.6. The maximum atomic E-state index is 14.8. The van der Waals surface area contributed by atoms with Crippen LogP contribution in [0.3, 0.4) is 0 Å². The smallest absolute Gasteiger partial charge is 0.399 e. The molecule has 0 saturated carbocycles. The minimum Gasteiger partial charge on any atom is -0.399 e. The average Bonchev–Trinajstić information content (AvgIpc) is 2.87. The molecule has 1 N–H and O–H groups in total. The van der Waals surface area contributed by atoms with Crippen LogP contribution in [0.5, 0.6) is 0 Å². The Morgan fingerprint density at radius 3 is 2.14 bits per heavy atom. The minimum absolute atomic E-state index is 0.0466. The van der Waals surface area contributed by atoms with Gasteiger partial charge in [-0.3, -0.25) is 4.72 Å². The number of nitrogens with zero attached hydrogens (tertiary/aromatic N) is 1. The standard InChI is InChI=1S/C20H25BF2N2O3S/c1-19(2)20(3,4)28-21(27-19)15-11-12-16(18(23)17(15)22)25-29(26,24-5)13-14-9-7-6-8-10-14/h6-12H,13H2,1-5H3,(H,24,25,26). The fourth-order valence-corrected chi connectivity index (χ4v) is 4.35. The van der Waals surface area contributed by atoms with Crippen LogP contribution in [-0.2, 0) is 25.0 Å². The monoisotopic (exact) mass is 422 g/mol. The molecule has 1 aliphatic rings. The molecule has 3 rings (SSSR count). The zero-order valence-electron chi connectivity index (χ0n) is 17.2. The van der Waals surface area contributed by atoms with Gasteiger partial charge in [0.2, 0.25) is 0 Å². The minimum atomic E-state index is -3.04. The summed E-state index contributed by atoms with van der Waals surface area (Å²) in [6.07, 6.45) is 0. The molecule has 0 amide bonds. The Morgan fingerprint density at radius 1 is 1.00 bits per heavy atom. The zero-order chi connectivity index (χ0) is 21.4. The summed E-state index contributed by atoms with van der Waals surface area (Å²) in [5, 5.41) is 0. The van der Waals surface area contributed by atoms with Gasteiger partial charge in [-0.15, -0.1) is 0 Å². The number of hydrogen-bond donors (Lipinski definition) is 1. The van der Waals surface area contributed by atoms with E-state index >= 15 is 0 Å². The Labute approximate surface area is 171 Å². The summed E-state index contributed by atoms with van der Waals surface area (Å²) < 4.78 is 60.7. The van der Waals surface area contributed by atoms with Crippen LogP contribution in [0, 0.1) is 11.6 Å². The maximum absolute atomic E-state index is 14.8. The van der Waals surface area contributed by atoms with E-state index in [4.69, 9.17) is 9.31 Å². The zero-order valence-corrected chi connectivity index (χ0v) is 18.0. The predicted octanol–water partition coefficient (Wildman–Crippen LogP) is 3.89. The molecule has 29 heavy (non-hydrogen) atoms. The molecule has 0 aliphatic carbocycles. The summed E-state index contributed by atoms with van der Waals surface area (Å²) >= 11 is 0. The second kappa shape index (κ2) is 7.70. The van der Waals surface area contributed by atoms with Crippen molar-refractivity contribution < 1.29 is 22.3 Å². The Bertz CT molecular complexity index is 1010. The average molecular weight is 422 g/mol. The van der Waals surface area contributed by atoms with Crippen LogP contribution in [-0.4, -0.2) is 29.6 Å². The fourth-order valence-electron chi connectivity index (χ4n) is 2.91. The molecule has 1 saturated heterocycles. The molecule has 1 atom stereocenters. The summed E-state index contributed by atoms with van der Waals surface area (Å²) in [5.41, 5.74) is -0.861. The number of nitrogens with one attached hydrogen (secondary N) is 1. The van der Waals surface area contributed by atoms with E-state index < -0.39 is 39.9 Å². The lowest BCUT2D eigenvalue weighted by atomic mass is 9.78. The summed E-state index contributed by atoms with van der Waals surface area (Å²) in [5.74, 6) is -2.20. The third kappa shape index (κ3) is 4.32. The molecular weight excluding hydrogens is 397 g/mol. The van der Waals surface area contributed by atoms with Crippen molar-refractivity contribution in [2.24, 2.45) is 4.36 Å². The van der Waals surface area contributed by atoms with Crippen molar-refractivity contribution in [1.29, 1.82) is 0 Å². The molecule has 1 unspecified atom stereocenters. The number of benzene rings is 2. The molecule has 156 valence electrons. The highest BCUT2D eigenvalue weighted by Crippen LogP contribution is 2.37. The molecular formula is C20H25BF2N2O3S. The van der Waals surface area contributed by atoms with Crippen LogP contribution in [0.15, 0.2) is 46.8 Å². The Balaban J connectivity index is 1.87. The molecule has 0 aromatic heterocycles. The number of anilines is 1. The third-order valence-electron chi connectivity index (χ3n) is 5.39. The predicted molar refractivity (Wildman–Crippen MR) is 112 cm³/mol. The van der Waals surface area contributed by atoms with E-state index in [2.05, 4.69) is 9.08 Å². The first kappa shape index (κ1) is 21.7. The summed E-state index contributed by atoms with van der Waals surface area (Å²) in [7, 11) is -2.69. The third-order valence-corrected chi connectivity index (χ3v) is 7.24. The van der Waals surface area contributed by atoms with Crippen LogP contribution in [0.25, 0.3) is 0 Å². The van der Waals surface area contributed by atoms with Gasteiger partial charge in [0.15, 0.2) is 11.6 Å². The fraction of sp³-hybridized carbons (Fsp3) is 0.400. The molecule has 2 aromatic carbocycles. The first-order valence-electron chi connectivity index (χ1n) is 9.26. The highest BCUT2D eigenvalue weighted by Gasteiger charge is 2.52. The van der Waals surface area contributed by atoms with Crippen LogP contribution in [0.4, 0.5) is 14.5 Å². The lowest BCUT2D eigenvalue weighted by molar-refractivity contribution is 0.00578. The molecule has 2 aromatic rings. The van der Waals surface area contributed by atoms with Crippen molar-refractivity contribution in [3.05, 3.63) is 59.7 Å². The molecule has 1 heterocycles. The van der Waals surface area contributed by atoms with E-state index in [9.17, 15) is 13.0 Å². The molecule has 9 heteroatoms. The van der Waals surface area contributed by atoms with E-state index in [-0.39, 0.29) is 16.9 Å². The first-order chi connectivity index (χ1) is 13.5. The second-order valence-corrected chi connectivity index (χ2v) is 10.1. The molecule has 0 bridgehead atoms. The number of rotatable bonds is 5. The van der Waals surface area contributed by atoms with E-state index in [0.29, 0.717) is 0 Å². The van der Waals surface area contributed by atoms with Crippen LogP contribution in [0.1, 0.15) is 33.3 Å². The van der Waals surface area contributed by atoms with Crippen molar-refractivity contribution >= 4 is 28.2 Å². The van der Waals surface area contributed by atoms with Gasteiger partial charge in [-0.2, -0.15) is 0 Å². The van der Waals surface area contributed by atoms with Gasteiger partial charge in [0.25, 0.3) is 0 Å². The van der Waals surface area contributed by atoms with Gasteiger partial charge >= 0.3 is 7.12 Å². The van der Waals surface area contributed by atoms with Crippen LogP contribution < -0.4 is 10.2 Å². The Kier molecular flexibility index (Phi) is 5.77. The van der Waals surface area contributed by atoms with Crippen LogP contribution in [0.2, 0.25) is 0 Å². The van der Waals surface area contributed by atoms with Gasteiger partial charge in [0.1, 0.15) is 9.92 Å². The molecule has 1 aliphatic heterocycles. The lowest BCUT2D eigenvalue weighted by Crippen LogP contribution is -2.41.